The van der Waals surface area contributed by atoms with Crippen molar-refractivity contribution in [3.63, 3.8) is 0 Å². The predicted octanol–water partition coefficient (Wildman–Crippen LogP) is 3.38. The van der Waals surface area contributed by atoms with Gasteiger partial charge in [-0.3, -0.25) is 0 Å². The van der Waals surface area contributed by atoms with E-state index in [4.69, 9.17) is 4.98 Å². The van der Waals surface area contributed by atoms with E-state index in [1.54, 1.807) is 6.20 Å². The Labute approximate surface area is 193 Å². The summed E-state index contributed by atoms with van der Waals surface area (Å²) in [5, 5.41) is 13.7. The number of anilines is 3. The van der Waals surface area contributed by atoms with Gasteiger partial charge >= 0.3 is 0 Å². The zero-order chi connectivity index (χ0) is 22.8. The normalized spacial score (nSPS) is 14.6. The molecule has 1 aromatic carbocycles. The standard InChI is InChI=1S/C25H27N7O/c1-17-5-3-4-6-21(17)24-23-18(13-19(16-33)28-24)14-27-25(30-23)29-22-8-7-20(15-26-22)32-11-9-31(2)10-12-32/h3-8,13-15,33H,9-12,16H2,1-2H3,(H,26,27,29,30). The van der Waals surface area contributed by atoms with Crippen molar-refractivity contribution in [1.82, 2.24) is 24.8 Å². The molecule has 168 valence electrons. The van der Waals surface area contributed by atoms with Crippen LogP contribution in [0.15, 0.2) is 54.9 Å². The number of hydrogen-bond donors (Lipinski definition) is 2. The summed E-state index contributed by atoms with van der Waals surface area (Å²) in [4.78, 5) is 23.2. The topological polar surface area (TPSA) is 90.3 Å². The summed E-state index contributed by atoms with van der Waals surface area (Å²) >= 11 is 0. The molecule has 0 aliphatic carbocycles. The fourth-order valence-corrected chi connectivity index (χ4v) is 4.09. The van der Waals surface area contributed by atoms with Gasteiger partial charge in [-0.15, -0.1) is 0 Å². The summed E-state index contributed by atoms with van der Waals surface area (Å²) in [6, 6.07) is 13.9. The van der Waals surface area contributed by atoms with Crippen molar-refractivity contribution in [2.24, 2.45) is 0 Å². The number of nitrogens with zero attached hydrogens (tertiary/aromatic N) is 6. The lowest BCUT2D eigenvalue weighted by Crippen LogP contribution is -2.44. The van der Waals surface area contributed by atoms with Crippen molar-refractivity contribution in [2.75, 3.05) is 43.4 Å². The molecule has 33 heavy (non-hydrogen) atoms. The maximum Gasteiger partial charge on any atom is 0.228 e. The summed E-state index contributed by atoms with van der Waals surface area (Å²) < 4.78 is 0. The molecule has 0 radical (unpaired) electrons. The molecule has 3 aromatic heterocycles. The van der Waals surface area contributed by atoms with Crippen molar-refractivity contribution in [3.05, 3.63) is 66.1 Å². The highest BCUT2D eigenvalue weighted by Gasteiger charge is 2.15. The van der Waals surface area contributed by atoms with Crippen molar-refractivity contribution >= 4 is 28.4 Å². The van der Waals surface area contributed by atoms with Crippen LogP contribution >= 0.6 is 0 Å². The van der Waals surface area contributed by atoms with Crippen molar-refractivity contribution in [2.45, 2.75) is 13.5 Å². The molecule has 0 atom stereocenters. The molecule has 5 rings (SSSR count). The first kappa shape index (κ1) is 21.2. The van der Waals surface area contributed by atoms with Crippen LogP contribution in [0.4, 0.5) is 17.5 Å². The maximum absolute atomic E-state index is 9.69. The summed E-state index contributed by atoms with van der Waals surface area (Å²) in [5.74, 6) is 1.14. The van der Waals surface area contributed by atoms with E-state index in [9.17, 15) is 5.11 Å². The summed E-state index contributed by atoms with van der Waals surface area (Å²) in [6.45, 7) is 6.02. The van der Waals surface area contributed by atoms with Gasteiger partial charge in [0.2, 0.25) is 5.95 Å². The van der Waals surface area contributed by atoms with Gasteiger partial charge in [0.15, 0.2) is 0 Å². The van der Waals surface area contributed by atoms with Gasteiger partial charge in [-0.05, 0) is 37.7 Å². The third kappa shape index (κ3) is 4.48. The van der Waals surface area contributed by atoms with Crippen molar-refractivity contribution in [1.29, 1.82) is 0 Å². The number of piperazine rings is 1. The van der Waals surface area contributed by atoms with Gasteiger partial charge in [-0.2, -0.15) is 0 Å². The Bertz CT molecular complexity index is 1270. The van der Waals surface area contributed by atoms with E-state index < -0.39 is 0 Å². The molecule has 0 unspecified atom stereocenters. The average Bonchev–Trinajstić information content (AvgIpc) is 2.85. The quantitative estimate of drug-likeness (QED) is 0.487. The Morgan fingerprint density at radius 3 is 2.52 bits per heavy atom. The number of aryl methyl sites for hydroxylation is 1. The van der Waals surface area contributed by atoms with E-state index in [1.165, 1.54) is 0 Å². The molecule has 4 aromatic rings. The van der Waals surface area contributed by atoms with Crippen molar-refractivity contribution < 1.29 is 5.11 Å². The van der Waals surface area contributed by atoms with E-state index in [-0.39, 0.29) is 6.61 Å². The Morgan fingerprint density at radius 2 is 1.79 bits per heavy atom. The Hall–Kier alpha value is -3.62. The Morgan fingerprint density at radius 1 is 0.970 bits per heavy atom. The largest absolute Gasteiger partial charge is 0.390 e. The fraction of sp³-hybridized carbons (Fsp3) is 0.280. The van der Waals surface area contributed by atoms with Gasteiger partial charge in [-0.1, -0.05) is 24.3 Å². The smallest absolute Gasteiger partial charge is 0.228 e. The second-order valence-electron chi connectivity index (χ2n) is 8.38. The number of benzene rings is 1. The number of rotatable bonds is 5. The van der Waals surface area contributed by atoms with E-state index in [1.807, 2.05) is 49.5 Å². The number of nitrogens with one attached hydrogen (secondary N) is 1. The number of aliphatic hydroxyl groups excluding tert-OH is 1. The first-order chi connectivity index (χ1) is 16.1. The van der Waals surface area contributed by atoms with E-state index >= 15 is 0 Å². The molecular weight excluding hydrogens is 414 g/mol. The third-order valence-electron chi connectivity index (χ3n) is 6.04. The molecule has 1 aliphatic rings. The SMILES string of the molecule is Cc1ccccc1-c1nc(CO)cc2cnc(Nc3ccc(N4CCN(C)CC4)cn3)nc12. The van der Waals surface area contributed by atoms with Gasteiger partial charge in [0, 0.05) is 43.3 Å². The molecule has 2 N–H and O–H groups in total. The lowest BCUT2D eigenvalue weighted by Gasteiger charge is -2.33. The van der Waals surface area contributed by atoms with Crippen molar-refractivity contribution in [3.8, 4) is 11.3 Å². The van der Waals surface area contributed by atoms with Gasteiger partial charge < -0.3 is 20.2 Å². The Kier molecular flexibility index (Phi) is 5.85. The molecule has 8 heteroatoms. The van der Waals surface area contributed by atoms with Crippen LogP contribution in [0.25, 0.3) is 22.2 Å². The zero-order valence-corrected chi connectivity index (χ0v) is 18.9. The molecule has 1 aliphatic heterocycles. The van der Waals surface area contributed by atoms with Crippen LogP contribution in [0, 0.1) is 6.92 Å². The highest BCUT2D eigenvalue weighted by molar-refractivity contribution is 5.92. The van der Waals surface area contributed by atoms with Crippen LogP contribution in [-0.4, -0.2) is 63.2 Å². The maximum atomic E-state index is 9.69. The van der Waals surface area contributed by atoms with E-state index in [2.05, 4.69) is 43.2 Å². The van der Waals surface area contributed by atoms with Crippen LogP contribution in [-0.2, 0) is 6.61 Å². The number of fused-ring (bicyclic) bond motifs is 1. The van der Waals surface area contributed by atoms with Crippen LogP contribution < -0.4 is 10.2 Å². The second kappa shape index (κ2) is 9.09. The van der Waals surface area contributed by atoms with Crippen LogP contribution in [0.5, 0.6) is 0 Å². The highest BCUT2D eigenvalue weighted by Crippen LogP contribution is 2.29. The molecule has 0 bridgehead atoms. The summed E-state index contributed by atoms with van der Waals surface area (Å²) in [7, 11) is 2.15. The van der Waals surface area contributed by atoms with Crippen LogP contribution in [0.1, 0.15) is 11.3 Å². The lowest BCUT2D eigenvalue weighted by molar-refractivity contribution is 0.277. The molecule has 4 heterocycles. The number of aromatic nitrogens is 4. The molecule has 1 saturated heterocycles. The Balaban J connectivity index is 1.45. The fourth-order valence-electron chi connectivity index (χ4n) is 4.09. The highest BCUT2D eigenvalue weighted by atomic mass is 16.3. The number of likely N-dealkylation sites (N-methyl/N-ethyl adjacent to an activating group) is 1. The zero-order valence-electron chi connectivity index (χ0n) is 18.9. The lowest BCUT2D eigenvalue weighted by atomic mass is 10.0. The minimum Gasteiger partial charge on any atom is -0.390 e. The molecule has 8 nitrogen and oxygen atoms in total. The third-order valence-corrected chi connectivity index (χ3v) is 6.04. The molecule has 1 fully saturated rings. The summed E-state index contributed by atoms with van der Waals surface area (Å²) in [6.07, 6.45) is 3.65. The number of hydrogen-bond acceptors (Lipinski definition) is 8. The molecule has 0 saturated carbocycles. The van der Waals surface area contributed by atoms with Crippen LogP contribution in [0.3, 0.4) is 0 Å². The van der Waals surface area contributed by atoms with E-state index in [0.717, 1.165) is 59.6 Å². The van der Waals surface area contributed by atoms with Gasteiger partial charge in [0.1, 0.15) is 11.3 Å². The average molecular weight is 442 g/mol. The number of aliphatic hydroxyl groups is 1. The minimum absolute atomic E-state index is 0.140. The van der Waals surface area contributed by atoms with E-state index in [0.29, 0.717) is 17.5 Å². The monoisotopic (exact) mass is 441 g/mol. The van der Waals surface area contributed by atoms with Gasteiger partial charge in [0.25, 0.3) is 0 Å². The summed E-state index contributed by atoms with van der Waals surface area (Å²) in [5.41, 5.74) is 5.25. The van der Waals surface area contributed by atoms with Gasteiger partial charge in [0.05, 0.1) is 29.9 Å². The molecular formula is C25H27N7O. The first-order valence-corrected chi connectivity index (χ1v) is 11.1. The van der Waals surface area contributed by atoms with Gasteiger partial charge in [-0.25, -0.2) is 19.9 Å². The number of pyridine rings is 2. The minimum atomic E-state index is -0.140. The first-order valence-electron chi connectivity index (χ1n) is 11.1. The van der Waals surface area contributed by atoms with Crippen LogP contribution in [0.2, 0.25) is 0 Å². The molecule has 0 spiro atoms. The molecule has 0 amide bonds. The second-order valence-corrected chi connectivity index (χ2v) is 8.38. The predicted molar refractivity (Wildman–Crippen MR) is 131 cm³/mol.